The number of hydrogen-bond donors (Lipinski definition) is 1. The molecule has 1 N–H and O–H groups in total. The maximum absolute atomic E-state index is 12.2. The molecule has 1 atom stereocenters. The molecule has 0 fully saturated rings. The first-order valence-electron chi connectivity index (χ1n) is 6.80. The zero-order valence-electron chi connectivity index (χ0n) is 11.6. The minimum atomic E-state index is -0.505. The third-order valence-corrected chi connectivity index (χ3v) is 3.50. The van der Waals surface area contributed by atoms with Crippen LogP contribution in [0, 0.1) is 0 Å². The van der Waals surface area contributed by atoms with E-state index >= 15 is 0 Å². The van der Waals surface area contributed by atoms with Crippen LogP contribution in [0.5, 0.6) is 5.75 Å². The van der Waals surface area contributed by atoms with E-state index in [1.54, 1.807) is 24.3 Å². The lowest BCUT2D eigenvalue weighted by Crippen LogP contribution is -2.31. The van der Waals surface area contributed by atoms with Crippen LogP contribution in [0.25, 0.3) is 0 Å². The number of ether oxygens (including phenoxy) is 1. The number of para-hydroxylation sites is 1. The van der Waals surface area contributed by atoms with Gasteiger partial charge in [0, 0.05) is 17.7 Å². The average molecular weight is 281 g/mol. The maximum atomic E-state index is 12.2. The van der Waals surface area contributed by atoms with E-state index in [4.69, 9.17) is 4.74 Å². The molecule has 0 aromatic heterocycles. The Balaban J connectivity index is 1.66. The standard InChI is InChI=1S/C17H15NO3/c1-11(19)12-6-8-14(9-7-12)18-17(20)16-10-13-4-2-3-5-15(13)21-16/h2-9,16H,10H2,1H3,(H,18,20)/t16-/m1/s1. The molecule has 3 rings (SSSR count). The maximum Gasteiger partial charge on any atom is 0.265 e. The Labute approximate surface area is 122 Å². The van der Waals surface area contributed by atoms with E-state index in [2.05, 4.69) is 5.32 Å². The number of nitrogens with one attached hydrogen (secondary N) is 1. The largest absolute Gasteiger partial charge is 0.480 e. The number of carbonyl (C=O) groups excluding carboxylic acids is 2. The number of Topliss-reactive ketones (excluding diaryl/α,β-unsaturated/α-hetero) is 1. The fraction of sp³-hybridized carbons (Fsp3) is 0.176. The fourth-order valence-electron chi connectivity index (χ4n) is 2.34. The van der Waals surface area contributed by atoms with Gasteiger partial charge in [-0.15, -0.1) is 0 Å². The van der Waals surface area contributed by atoms with Crippen LogP contribution < -0.4 is 10.1 Å². The Morgan fingerprint density at radius 1 is 1.10 bits per heavy atom. The van der Waals surface area contributed by atoms with Crippen molar-refractivity contribution in [3.05, 3.63) is 59.7 Å². The number of fused-ring (bicyclic) bond motifs is 1. The Hall–Kier alpha value is -2.62. The predicted molar refractivity (Wildman–Crippen MR) is 79.6 cm³/mol. The molecule has 1 aliphatic rings. The van der Waals surface area contributed by atoms with E-state index < -0.39 is 6.10 Å². The Bertz CT molecular complexity index is 666. The summed E-state index contributed by atoms with van der Waals surface area (Å²) >= 11 is 0. The second kappa shape index (κ2) is 5.40. The lowest BCUT2D eigenvalue weighted by Gasteiger charge is -2.11. The summed E-state index contributed by atoms with van der Waals surface area (Å²) in [6.07, 6.45) is 0.0722. The molecule has 0 spiro atoms. The highest BCUT2D eigenvalue weighted by molar-refractivity contribution is 5.97. The van der Waals surface area contributed by atoms with Crippen molar-refractivity contribution in [2.75, 3.05) is 5.32 Å². The summed E-state index contributed by atoms with van der Waals surface area (Å²) in [5.41, 5.74) is 2.33. The lowest BCUT2D eigenvalue weighted by atomic mass is 10.1. The number of hydrogen-bond acceptors (Lipinski definition) is 3. The highest BCUT2D eigenvalue weighted by atomic mass is 16.5. The molecule has 0 saturated carbocycles. The first kappa shape index (κ1) is 13.4. The topological polar surface area (TPSA) is 55.4 Å². The van der Waals surface area contributed by atoms with Gasteiger partial charge in [0.1, 0.15) is 5.75 Å². The van der Waals surface area contributed by atoms with Crippen molar-refractivity contribution in [3.63, 3.8) is 0 Å². The number of rotatable bonds is 3. The molecule has 4 nitrogen and oxygen atoms in total. The number of amides is 1. The Morgan fingerprint density at radius 2 is 1.81 bits per heavy atom. The van der Waals surface area contributed by atoms with Crippen LogP contribution >= 0.6 is 0 Å². The summed E-state index contributed by atoms with van der Waals surface area (Å²) in [6, 6.07) is 14.5. The molecule has 0 saturated heterocycles. The zero-order valence-corrected chi connectivity index (χ0v) is 11.6. The van der Waals surface area contributed by atoms with Gasteiger partial charge < -0.3 is 10.1 Å². The van der Waals surface area contributed by atoms with Crippen molar-refractivity contribution in [2.45, 2.75) is 19.4 Å². The third-order valence-electron chi connectivity index (χ3n) is 3.50. The number of anilines is 1. The van der Waals surface area contributed by atoms with E-state index in [0.29, 0.717) is 17.7 Å². The summed E-state index contributed by atoms with van der Waals surface area (Å²) in [7, 11) is 0. The van der Waals surface area contributed by atoms with E-state index in [1.165, 1.54) is 6.92 Å². The van der Waals surface area contributed by atoms with Crippen LogP contribution in [-0.4, -0.2) is 17.8 Å². The van der Waals surface area contributed by atoms with Gasteiger partial charge in [-0.3, -0.25) is 9.59 Å². The molecule has 106 valence electrons. The SMILES string of the molecule is CC(=O)c1ccc(NC(=O)[C@H]2Cc3ccccc3O2)cc1. The molecule has 0 unspecified atom stereocenters. The molecular weight excluding hydrogens is 266 g/mol. The van der Waals surface area contributed by atoms with Gasteiger partial charge in [-0.05, 0) is 42.8 Å². The van der Waals surface area contributed by atoms with Gasteiger partial charge in [-0.25, -0.2) is 0 Å². The number of carbonyl (C=O) groups is 2. The molecule has 4 heteroatoms. The van der Waals surface area contributed by atoms with Gasteiger partial charge in [-0.1, -0.05) is 18.2 Å². The molecule has 1 heterocycles. The second-order valence-corrected chi connectivity index (χ2v) is 5.04. The molecule has 1 aliphatic heterocycles. The molecule has 2 aromatic rings. The summed E-state index contributed by atoms with van der Waals surface area (Å²) in [5, 5.41) is 2.81. The lowest BCUT2D eigenvalue weighted by molar-refractivity contribution is -0.122. The summed E-state index contributed by atoms with van der Waals surface area (Å²) in [5.74, 6) is 0.591. The first-order valence-corrected chi connectivity index (χ1v) is 6.80. The Morgan fingerprint density at radius 3 is 2.48 bits per heavy atom. The van der Waals surface area contributed by atoms with Crippen molar-refractivity contribution in [1.29, 1.82) is 0 Å². The average Bonchev–Trinajstić information content (AvgIpc) is 2.92. The summed E-state index contributed by atoms with van der Waals surface area (Å²) in [6.45, 7) is 1.51. The molecule has 0 aliphatic carbocycles. The van der Waals surface area contributed by atoms with E-state index in [-0.39, 0.29) is 11.7 Å². The highest BCUT2D eigenvalue weighted by Gasteiger charge is 2.28. The molecule has 21 heavy (non-hydrogen) atoms. The van der Waals surface area contributed by atoms with Gasteiger partial charge >= 0.3 is 0 Å². The van der Waals surface area contributed by atoms with Gasteiger partial charge in [0.15, 0.2) is 11.9 Å². The van der Waals surface area contributed by atoms with Crippen LogP contribution in [0.1, 0.15) is 22.8 Å². The summed E-state index contributed by atoms with van der Waals surface area (Å²) in [4.78, 5) is 23.4. The molecular formula is C17H15NO3. The van der Waals surface area contributed by atoms with Crippen LogP contribution in [0.2, 0.25) is 0 Å². The first-order chi connectivity index (χ1) is 10.1. The van der Waals surface area contributed by atoms with Crippen LogP contribution in [0.4, 0.5) is 5.69 Å². The van der Waals surface area contributed by atoms with E-state index in [9.17, 15) is 9.59 Å². The molecule has 0 radical (unpaired) electrons. The van der Waals surface area contributed by atoms with Crippen molar-refractivity contribution in [3.8, 4) is 5.75 Å². The molecule has 2 aromatic carbocycles. The third kappa shape index (κ3) is 2.79. The van der Waals surface area contributed by atoms with E-state index in [1.807, 2.05) is 24.3 Å². The minimum absolute atomic E-state index is 0.00227. The van der Waals surface area contributed by atoms with Crippen molar-refractivity contribution >= 4 is 17.4 Å². The molecule has 1 amide bonds. The predicted octanol–water partition coefficient (Wildman–Crippen LogP) is 2.83. The van der Waals surface area contributed by atoms with Gasteiger partial charge in [0.05, 0.1) is 0 Å². The van der Waals surface area contributed by atoms with Gasteiger partial charge in [0.25, 0.3) is 5.91 Å². The number of benzene rings is 2. The van der Waals surface area contributed by atoms with Crippen molar-refractivity contribution in [1.82, 2.24) is 0 Å². The highest BCUT2D eigenvalue weighted by Crippen LogP contribution is 2.28. The van der Waals surface area contributed by atoms with E-state index in [0.717, 1.165) is 11.3 Å². The van der Waals surface area contributed by atoms with Crippen LogP contribution in [0.15, 0.2) is 48.5 Å². The smallest absolute Gasteiger partial charge is 0.265 e. The normalized spacial score (nSPS) is 16.0. The summed E-state index contributed by atoms with van der Waals surface area (Å²) < 4.78 is 5.64. The monoisotopic (exact) mass is 281 g/mol. The van der Waals surface area contributed by atoms with Crippen LogP contribution in [0.3, 0.4) is 0 Å². The quantitative estimate of drug-likeness (QED) is 0.880. The van der Waals surface area contributed by atoms with Gasteiger partial charge in [0.2, 0.25) is 0 Å². The fourth-order valence-corrected chi connectivity index (χ4v) is 2.34. The van der Waals surface area contributed by atoms with Gasteiger partial charge in [-0.2, -0.15) is 0 Å². The zero-order chi connectivity index (χ0) is 14.8. The minimum Gasteiger partial charge on any atom is -0.480 e. The van der Waals surface area contributed by atoms with Crippen molar-refractivity contribution in [2.24, 2.45) is 0 Å². The Kier molecular flexibility index (Phi) is 3.44. The second-order valence-electron chi connectivity index (χ2n) is 5.04. The number of ketones is 1. The van der Waals surface area contributed by atoms with Crippen molar-refractivity contribution < 1.29 is 14.3 Å². The molecule has 0 bridgehead atoms. The van der Waals surface area contributed by atoms with Crippen LogP contribution in [-0.2, 0) is 11.2 Å².